The molecule has 0 atom stereocenters. The van der Waals surface area contributed by atoms with Crippen LogP contribution >= 0.6 is 0 Å². The van der Waals surface area contributed by atoms with Crippen molar-refractivity contribution in [3.63, 3.8) is 0 Å². The molecule has 1 aromatic carbocycles. The Balaban J connectivity index is 1.86. The van der Waals surface area contributed by atoms with Crippen molar-refractivity contribution in [3.05, 3.63) is 30.6 Å². The third-order valence-electron chi connectivity index (χ3n) is 2.67. The van der Waals surface area contributed by atoms with Crippen molar-refractivity contribution < 1.29 is 4.79 Å². The van der Waals surface area contributed by atoms with Crippen molar-refractivity contribution in [1.29, 1.82) is 0 Å². The largest absolute Gasteiger partial charge is 0.326 e. The molecule has 0 aliphatic carbocycles. The van der Waals surface area contributed by atoms with Crippen LogP contribution < -0.4 is 10.6 Å². The van der Waals surface area contributed by atoms with E-state index in [1.165, 1.54) is 6.33 Å². The Morgan fingerprint density at radius 1 is 1.30 bits per heavy atom. The van der Waals surface area contributed by atoms with Crippen LogP contribution in [0.2, 0.25) is 0 Å². The van der Waals surface area contributed by atoms with Gasteiger partial charge < -0.3 is 10.6 Å². The molecule has 0 unspecified atom stereocenters. The number of aromatic nitrogens is 4. The smallest absolute Gasteiger partial charge is 0.225 e. The van der Waals surface area contributed by atoms with Crippen molar-refractivity contribution in [3.8, 4) is 5.69 Å². The predicted molar refractivity (Wildman–Crippen MR) is 75.5 cm³/mol. The van der Waals surface area contributed by atoms with E-state index in [2.05, 4.69) is 40.0 Å². The number of benzene rings is 1. The molecule has 0 saturated heterocycles. The molecule has 0 fully saturated rings. The van der Waals surface area contributed by atoms with Crippen molar-refractivity contribution in [2.24, 2.45) is 0 Å². The summed E-state index contributed by atoms with van der Waals surface area (Å²) in [6, 6.07) is 7.73. The summed E-state index contributed by atoms with van der Waals surface area (Å²) in [5.41, 5.74) is 1.60. The van der Waals surface area contributed by atoms with Gasteiger partial charge >= 0.3 is 0 Å². The highest BCUT2D eigenvalue weighted by Crippen LogP contribution is 2.12. The fraction of sp³-hybridized carbons (Fsp3) is 0.385. The number of hydrogen-bond donors (Lipinski definition) is 2. The van der Waals surface area contributed by atoms with Crippen LogP contribution in [0.25, 0.3) is 5.69 Å². The van der Waals surface area contributed by atoms with Gasteiger partial charge in [-0.3, -0.25) is 4.79 Å². The van der Waals surface area contributed by atoms with E-state index in [0.717, 1.165) is 11.4 Å². The topological polar surface area (TPSA) is 84.7 Å². The first-order valence-electron chi connectivity index (χ1n) is 6.52. The van der Waals surface area contributed by atoms with Gasteiger partial charge in [0.05, 0.1) is 5.69 Å². The molecule has 0 aliphatic rings. The van der Waals surface area contributed by atoms with Gasteiger partial charge in [0.15, 0.2) is 0 Å². The molecule has 2 aromatic rings. The number of amides is 1. The van der Waals surface area contributed by atoms with Crippen molar-refractivity contribution in [1.82, 2.24) is 25.5 Å². The van der Waals surface area contributed by atoms with Crippen LogP contribution in [-0.4, -0.2) is 38.7 Å². The van der Waals surface area contributed by atoms with Crippen molar-refractivity contribution in [2.75, 3.05) is 11.9 Å². The fourth-order valence-electron chi connectivity index (χ4n) is 1.67. The molecule has 0 radical (unpaired) electrons. The lowest BCUT2D eigenvalue weighted by Gasteiger charge is -2.09. The van der Waals surface area contributed by atoms with Crippen LogP contribution in [0, 0.1) is 0 Å². The molecule has 0 spiro atoms. The average molecular weight is 274 g/mol. The second kappa shape index (κ2) is 6.76. The maximum absolute atomic E-state index is 11.7. The highest BCUT2D eigenvalue weighted by Gasteiger charge is 2.03. The van der Waals surface area contributed by atoms with Crippen molar-refractivity contribution >= 4 is 11.6 Å². The lowest BCUT2D eigenvalue weighted by molar-refractivity contribution is -0.116. The molecule has 20 heavy (non-hydrogen) atoms. The molecule has 7 heteroatoms. The molecular formula is C13H18N6O. The summed E-state index contributed by atoms with van der Waals surface area (Å²) in [4.78, 5) is 11.7. The zero-order valence-electron chi connectivity index (χ0n) is 11.6. The minimum atomic E-state index is -0.00618. The summed E-state index contributed by atoms with van der Waals surface area (Å²) >= 11 is 0. The molecular weight excluding hydrogens is 256 g/mol. The zero-order valence-corrected chi connectivity index (χ0v) is 11.6. The molecule has 0 saturated carbocycles. The van der Waals surface area contributed by atoms with E-state index in [1.807, 2.05) is 24.3 Å². The van der Waals surface area contributed by atoms with Gasteiger partial charge in [0, 0.05) is 24.7 Å². The lowest BCUT2D eigenvalue weighted by atomic mass is 10.2. The normalized spacial score (nSPS) is 10.8. The van der Waals surface area contributed by atoms with Gasteiger partial charge in [-0.25, -0.2) is 4.68 Å². The van der Waals surface area contributed by atoms with Crippen LogP contribution in [-0.2, 0) is 4.79 Å². The monoisotopic (exact) mass is 274 g/mol. The van der Waals surface area contributed by atoms with Crippen molar-refractivity contribution in [2.45, 2.75) is 26.3 Å². The molecule has 1 amide bonds. The van der Waals surface area contributed by atoms with Gasteiger partial charge in [0.1, 0.15) is 6.33 Å². The number of nitrogens with one attached hydrogen (secondary N) is 2. The number of carbonyl (C=O) groups is 1. The van der Waals surface area contributed by atoms with E-state index in [0.29, 0.717) is 19.0 Å². The van der Waals surface area contributed by atoms with E-state index >= 15 is 0 Å². The van der Waals surface area contributed by atoms with Gasteiger partial charge in [-0.15, -0.1) is 5.10 Å². The first-order chi connectivity index (χ1) is 9.65. The Morgan fingerprint density at radius 3 is 2.65 bits per heavy atom. The predicted octanol–water partition coefficient (Wildman–Crippen LogP) is 0.989. The summed E-state index contributed by atoms with van der Waals surface area (Å²) in [5.74, 6) is -0.00618. The van der Waals surface area contributed by atoms with Gasteiger partial charge in [0.2, 0.25) is 5.91 Å². The first kappa shape index (κ1) is 14.1. The molecule has 2 N–H and O–H groups in total. The Labute approximate surface area is 117 Å². The van der Waals surface area contributed by atoms with Crippen LogP contribution in [0.15, 0.2) is 30.6 Å². The maximum atomic E-state index is 11.7. The number of carbonyl (C=O) groups excluding carboxylic acids is 1. The second-order valence-corrected chi connectivity index (χ2v) is 4.71. The summed E-state index contributed by atoms with van der Waals surface area (Å²) in [5, 5.41) is 17.0. The molecule has 7 nitrogen and oxygen atoms in total. The van der Waals surface area contributed by atoms with E-state index in [-0.39, 0.29) is 5.91 Å². The van der Waals surface area contributed by atoms with Crippen LogP contribution in [0.4, 0.5) is 5.69 Å². The summed E-state index contributed by atoms with van der Waals surface area (Å²) in [6.07, 6.45) is 1.97. The van der Waals surface area contributed by atoms with Crippen LogP contribution in [0.3, 0.4) is 0 Å². The Kier molecular flexibility index (Phi) is 4.78. The number of tetrazole rings is 1. The summed E-state index contributed by atoms with van der Waals surface area (Å²) < 4.78 is 1.55. The Hall–Kier alpha value is -2.28. The van der Waals surface area contributed by atoms with Gasteiger partial charge in [-0.05, 0) is 34.7 Å². The summed E-state index contributed by atoms with van der Waals surface area (Å²) in [6.45, 7) is 4.78. The lowest BCUT2D eigenvalue weighted by Crippen LogP contribution is -2.27. The van der Waals surface area contributed by atoms with Crippen LogP contribution in [0.1, 0.15) is 20.3 Å². The highest BCUT2D eigenvalue weighted by molar-refractivity contribution is 5.90. The fourth-order valence-corrected chi connectivity index (χ4v) is 1.67. The maximum Gasteiger partial charge on any atom is 0.225 e. The average Bonchev–Trinajstić information content (AvgIpc) is 2.93. The molecule has 2 rings (SSSR count). The number of rotatable bonds is 6. The minimum absolute atomic E-state index is 0.00618. The van der Waals surface area contributed by atoms with E-state index in [9.17, 15) is 4.79 Å². The quantitative estimate of drug-likeness (QED) is 0.820. The SMILES string of the molecule is CC(C)NCCC(=O)Nc1ccc(-n2cnnn2)cc1. The van der Waals surface area contributed by atoms with Gasteiger partial charge in [-0.1, -0.05) is 13.8 Å². The molecule has 1 heterocycles. The first-order valence-corrected chi connectivity index (χ1v) is 6.52. The Morgan fingerprint density at radius 2 is 2.05 bits per heavy atom. The Bertz CT molecular complexity index is 534. The van der Waals surface area contributed by atoms with E-state index < -0.39 is 0 Å². The van der Waals surface area contributed by atoms with E-state index in [4.69, 9.17) is 0 Å². The minimum Gasteiger partial charge on any atom is -0.326 e. The van der Waals surface area contributed by atoms with Gasteiger partial charge in [0.25, 0.3) is 0 Å². The third kappa shape index (κ3) is 4.13. The molecule has 0 aliphatic heterocycles. The summed E-state index contributed by atoms with van der Waals surface area (Å²) in [7, 11) is 0. The standard InChI is InChI=1S/C13H18N6O/c1-10(2)14-8-7-13(20)16-11-3-5-12(6-4-11)19-9-15-17-18-19/h3-6,9-10,14H,7-8H2,1-2H3,(H,16,20). The number of nitrogens with zero attached hydrogens (tertiary/aromatic N) is 4. The second-order valence-electron chi connectivity index (χ2n) is 4.71. The number of anilines is 1. The molecule has 1 aromatic heterocycles. The number of hydrogen-bond acceptors (Lipinski definition) is 5. The molecule has 106 valence electrons. The third-order valence-corrected chi connectivity index (χ3v) is 2.67. The zero-order chi connectivity index (χ0) is 14.4. The molecule has 0 bridgehead atoms. The van der Waals surface area contributed by atoms with Gasteiger partial charge in [-0.2, -0.15) is 0 Å². The van der Waals surface area contributed by atoms with E-state index in [1.54, 1.807) is 4.68 Å². The highest BCUT2D eigenvalue weighted by atomic mass is 16.1. The van der Waals surface area contributed by atoms with Crippen LogP contribution in [0.5, 0.6) is 0 Å².